The zero-order chi connectivity index (χ0) is 13.1. The number of benzene rings is 1. The maximum atomic E-state index is 13.5. The van der Waals surface area contributed by atoms with Gasteiger partial charge in [0.2, 0.25) is 0 Å². The number of hydrogen-bond acceptors (Lipinski definition) is 1. The molecule has 0 aliphatic heterocycles. The maximum Gasteiger partial charge on any atom is 0.309 e. The second-order valence-electron chi connectivity index (χ2n) is 4.51. The lowest BCUT2D eigenvalue weighted by Gasteiger charge is -2.24. The van der Waals surface area contributed by atoms with E-state index >= 15 is 0 Å². The lowest BCUT2D eigenvalue weighted by Crippen LogP contribution is -2.30. The maximum absolute atomic E-state index is 13.5. The fraction of sp³-hybridized carbons (Fsp3) is 0.462. The number of hydrogen-bond donors (Lipinski definition) is 1. The predicted octanol–water partition coefficient (Wildman–Crippen LogP) is 3.40. The summed E-state index contributed by atoms with van der Waals surface area (Å²) in [6.07, 6.45) is 1.11. The molecule has 0 heterocycles. The second-order valence-corrected chi connectivity index (χ2v) is 4.51. The molecular weight excluding hydrogens is 226 g/mol. The molecule has 0 aromatic heterocycles. The summed E-state index contributed by atoms with van der Waals surface area (Å²) in [5.74, 6) is -2.87. The fourth-order valence-electron chi connectivity index (χ4n) is 1.93. The van der Waals surface area contributed by atoms with E-state index in [1.54, 1.807) is 6.92 Å². The van der Waals surface area contributed by atoms with Crippen molar-refractivity contribution in [2.45, 2.75) is 33.1 Å². The molecule has 0 saturated heterocycles. The quantitative estimate of drug-likeness (QED) is 0.859. The normalized spacial score (nSPS) is 14.4. The Hall–Kier alpha value is -1.45. The van der Waals surface area contributed by atoms with E-state index in [0.29, 0.717) is 12.8 Å². The van der Waals surface area contributed by atoms with Crippen molar-refractivity contribution in [3.63, 3.8) is 0 Å². The molecule has 1 aromatic rings. The van der Waals surface area contributed by atoms with Crippen LogP contribution in [0.1, 0.15) is 32.3 Å². The SMILES string of the molecule is CCCC(C)(Cc1cccc(F)c1F)C(=O)O. The molecule has 1 atom stereocenters. The van der Waals surface area contributed by atoms with E-state index < -0.39 is 23.0 Å². The van der Waals surface area contributed by atoms with Gasteiger partial charge in [0.05, 0.1) is 5.41 Å². The zero-order valence-electron chi connectivity index (χ0n) is 9.96. The highest BCUT2D eigenvalue weighted by molar-refractivity contribution is 5.74. The van der Waals surface area contributed by atoms with Gasteiger partial charge >= 0.3 is 5.97 Å². The third kappa shape index (κ3) is 3.02. The lowest BCUT2D eigenvalue weighted by molar-refractivity contribution is -0.148. The third-order valence-electron chi connectivity index (χ3n) is 2.93. The van der Waals surface area contributed by atoms with Crippen LogP contribution in [0.2, 0.25) is 0 Å². The van der Waals surface area contributed by atoms with E-state index in [1.807, 2.05) is 6.92 Å². The van der Waals surface area contributed by atoms with Crippen molar-refractivity contribution >= 4 is 5.97 Å². The summed E-state index contributed by atoms with van der Waals surface area (Å²) in [7, 11) is 0. The van der Waals surface area contributed by atoms with Crippen molar-refractivity contribution < 1.29 is 18.7 Å². The molecule has 0 radical (unpaired) electrons. The first-order valence-corrected chi connectivity index (χ1v) is 5.57. The summed E-state index contributed by atoms with van der Waals surface area (Å²) in [4.78, 5) is 11.2. The highest BCUT2D eigenvalue weighted by atomic mass is 19.2. The first kappa shape index (κ1) is 13.6. The van der Waals surface area contributed by atoms with Gasteiger partial charge in [0.15, 0.2) is 11.6 Å². The van der Waals surface area contributed by atoms with Gasteiger partial charge < -0.3 is 5.11 Å². The zero-order valence-corrected chi connectivity index (χ0v) is 9.96. The number of aliphatic carboxylic acids is 1. The van der Waals surface area contributed by atoms with E-state index in [1.165, 1.54) is 12.1 Å². The van der Waals surface area contributed by atoms with Crippen LogP contribution in [0.3, 0.4) is 0 Å². The van der Waals surface area contributed by atoms with Gasteiger partial charge in [-0.05, 0) is 31.4 Å². The van der Waals surface area contributed by atoms with Crippen LogP contribution in [-0.2, 0) is 11.2 Å². The molecule has 0 fully saturated rings. The van der Waals surface area contributed by atoms with Crippen LogP contribution in [0, 0.1) is 17.0 Å². The molecule has 0 amide bonds. The number of rotatable bonds is 5. The average Bonchev–Trinajstić information content (AvgIpc) is 2.25. The monoisotopic (exact) mass is 242 g/mol. The molecule has 1 rings (SSSR count). The van der Waals surface area contributed by atoms with Crippen molar-refractivity contribution in [1.29, 1.82) is 0 Å². The topological polar surface area (TPSA) is 37.3 Å². The van der Waals surface area contributed by atoms with Crippen LogP contribution in [0.5, 0.6) is 0 Å². The minimum Gasteiger partial charge on any atom is -0.481 e. The smallest absolute Gasteiger partial charge is 0.309 e. The molecular formula is C13H16F2O2. The number of carboxylic acids is 1. The Bertz CT molecular complexity index is 418. The summed E-state index contributed by atoms with van der Waals surface area (Å²) in [6.45, 7) is 3.42. The average molecular weight is 242 g/mol. The van der Waals surface area contributed by atoms with E-state index in [9.17, 15) is 13.6 Å². The Balaban J connectivity index is 3.02. The standard InChI is InChI=1S/C13H16F2O2/c1-3-7-13(2,12(16)17)8-9-5-4-6-10(14)11(9)15/h4-6H,3,7-8H2,1-2H3,(H,16,17). The van der Waals surface area contributed by atoms with Gasteiger partial charge in [-0.25, -0.2) is 8.78 Å². The molecule has 0 bridgehead atoms. The summed E-state index contributed by atoms with van der Waals surface area (Å²) in [5, 5.41) is 9.17. The molecule has 1 N–H and O–H groups in total. The Morgan fingerprint density at radius 3 is 2.59 bits per heavy atom. The molecule has 4 heteroatoms. The lowest BCUT2D eigenvalue weighted by atomic mass is 9.79. The van der Waals surface area contributed by atoms with Gasteiger partial charge in [0, 0.05) is 0 Å². The van der Waals surface area contributed by atoms with Crippen molar-refractivity contribution in [1.82, 2.24) is 0 Å². The van der Waals surface area contributed by atoms with Crippen LogP contribution in [0.25, 0.3) is 0 Å². The van der Waals surface area contributed by atoms with Crippen LogP contribution in [0.4, 0.5) is 8.78 Å². The van der Waals surface area contributed by atoms with Gasteiger partial charge in [-0.1, -0.05) is 25.5 Å². The van der Waals surface area contributed by atoms with Crippen LogP contribution in [-0.4, -0.2) is 11.1 Å². The number of halogens is 2. The molecule has 0 spiro atoms. The fourth-order valence-corrected chi connectivity index (χ4v) is 1.93. The van der Waals surface area contributed by atoms with Crippen LogP contribution < -0.4 is 0 Å². The molecule has 0 saturated carbocycles. The Morgan fingerprint density at radius 2 is 2.06 bits per heavy atom. The molecule has 1 unspecified atom stereocenters. The predicted molar refractivity (Wildman–Crippen MR) is 60.7 cm³/mol. The largest absolute Gasteiger partial charge is 0.481 e. The highest BCUT2D eigenvalue weighted by Crippen LogP contribution is 2.30. The van der Waals surface area contributed by atoms with Crippen molar-refractivity contribution in [3.05, 3.63) is 35.4 Å². The molecule has 0 aliphatic rings. The first-order valence-electron chi connectivity index (χ1n) is 5.57. The molecule has 1 aromatic carbocycles. The van der Waals surface area contributed by atoms with Crippen LogP contribution in [0.15, 0.2) is 18.2 Å². The van der Waals surface area contributed by atoms with Gasteiger partial charge in [-0.15, -0.1) is 0 Å². The highest BCUT2D eigenvalue weighted by Gasteiger charge is 2.33. The Labute approximate surface area is 99.3 Å². The van der Waals surface area contributed by atoms with Gasteiger partial charge in [-0.3, -0.25) is 4.79 Å². The molecule has 0 aliphatic carbocycles. The van der Waals surface area contributed by atoms with Gasteiger partial charge in [0.25, 0.3) is 0 Å². The molecule has 94 valence electrons. The van der Waals surface area contributed by atoms with E-state index in [4.69, 9.17) is 5.11 Å². The first-order chi connectivity index (χ1) is 7.90. The molecule has 17 heavy (non-hydrogen) atoms. The summed E-state index contributed by atoms with van der Waals surface area (Å²) >= 11 is 0. The van der Waals surface area contributed by atoms with E-state index in [2.05, 4.69) is 0 Å². The number of carbonyl (C=O) groups is 1. The number of carboxylic acid groups (broad SMARTS) is 1. The minimum atomic E-state index is -1.05. The summed E-state index contributed by atoms with van der Waals surface area (Å²) < 4.78 is 26.5. The van der Waals surface area contributed by atoms with Crippen molar-refractivity contribution in [2.75, 3.05) is 0 Å². The van der Waals surface area contributed by atoms with Gasteiger partial charge in [0.1, 0.15) is 0 Å². The van der Waals surface area contributed by atoms with E-state index in [-0.39, 0.29) is 12.0 Å². The Morgan fingerprint density at radius 1 is 1.41 bits per heavy atom. The van der Waals surface area contributed by atoms with Crippen LogP contribution >= 0.6 is 0 Å². The van der Waals surface area contributed by atoms with Crippen molar-refractivity contribution in [3.8, 4) is 0 Å². The summed E-state index contributed by atoms with van der Waals surface area (Å²) in [6, 6.07) is 3.84. The third-order valence-corrected chi connectivity index (χ3v) is 2.93. The minimum absolute atomic E-state index is 0.000231. The Kier molecular flexibility index (Phi) is 4.21. The van der Waals surface area contributed by atoms with E-state index in [0.717, 1.165) is 6.07 Å². The summed E-state index contributed by atoms with van der Waals surface area (Å²) in [5.41, 5.74) is -0.938. The molecule has 2 nitrogen and oxygen atoms in total. The van der Waals surface area contributed by atoms with Gasteiger partial charge in [-0.2, -0.15) is 0 Å². The van der Waals surface area contributed by atoms with Crippen molar-refractivity contribution in [2.24, 2.45) is 5.41 Å². The second kappa shape index (κ2) is 5.25.